The van der Waals surface area contributed by atoms with Gasteiger partial charge < -0.3 is 5.32 Å². The number of amides is 1. The maximum absolute atomic E-state index is 13.2. The normalized spacial score (nSPS) is 12.1. The van der Waals surface area contributed by atoms with Crippen molar-refractivity contribution in [1.29, 1.82) is 0 Å². The van der Waals surface area contributed by atoms with Crippen molar-refractivity contribution in [3.63, 3.8) is 0 Å². The van der Waals surface area contributed by atoms with Crippen LogP contribution in [0.1, 0.15) is 41.6 Å². The quantitative estimate of drug-likeness (QED) is 0.359. The fourth-order valence-electron chi connectivity index (χ4n) is 3.74. The summed E-state index contributed by atoms with van der Waals surface area (Å²) in [5, 5.41) is 3.92. The van der Waals surface area contributed by atoms with Gasteiger partial charge in [0.2, 0.25) is 5.91 Å². The lowest BCUT2D eigenvalue weighted by Crippen LogP contribution is -2.32. The van der Waals surface area contributed by atoms with Crippen LogP contribution in [0.4, 0.5) is 0 Å². The highest BCUT2D eigenvalue weighted by Crippen LogP contribution is 2.30. The van der Waals surface area contributed by atoms with E-state index in [2.05, 4.69) is 60.5 Å². The minimum Gasteiger partial charge on any atom is -0.350 e. The number of carbonyl (C=O) groups excluding carboxylic acids is 1. The SMILES string of the molecule is CC[C@H](C(=O)NCc1ccc(C)cc1)n1c(SCc2cccc(C)c2)nc2cccnc21. The van der Waals surface area contributed by atoms with E-state index in [-0.39, 0.29) is 11.9 Å². The van der Waals surface area contributed by atoms with E-state index < -0.39 is 0 Å². The molecule has 0 radical (unpaired) electrons. The molecule has 4 rings (SSSR count). The fourth-order valence-corrected chi connectivity index (χ4v) is 4.73. The van der Waals surface area contributed by atoms with Gasteiger partial charge in [-0.3, -0.25) is 9.36 Å². The Bertz CT molecular complexity index is 1220. The van der Waals surface area contributed by atoms with Gasteiger partial charge >= 0.3 is 0 Å². The summed E-state index contributed by atoms with van der Waals surface area (Å²) in [7, 11) is 0. The molecule has 2 aromatic heterocycles. The molecule has 1 amide bonds. The molecule has 4 aromatic rings. The molecular formula is C26H28N4OS. The van der Waals surface area contributed by atoms with E-state index in [4.69, 9.17) is 4.98 Å². The molecule has 2 aromatic carbocycles. The zero-order chi connectivity index (χ0) is 22.5. The summed E-state index contributed by atoms with van der Waals surface area (Å²) in [6, 6.07) is 20.2. The maximum atomic E-state index is 13.2. The second-order valence-electron chi connectivity index (χ2n) is 8.02. The molecule has 1 atom stereocenters. The van der Waals surface area contributed by atoms with Crippen molar-refractivity contribution in [2.75, 3.05) is 0 Å². The topological polar surface area (TPSA) is 59.8 Å². The number of aromatic nitrogens is 3. The van der Waals surface area contributed by atoms with Gasteiger partial charge in [-0.2, -0.15) is 0 Å². The van der Waals surface area contributed by atoms with Crippen molar-refractivity contribution < 1.29 is 4.79 Å². The average Bonchev–Trinajstić information content (AvgIpc) is 3.16. The van der Waals surface area contributed by atoms with Gasteiger partial charge in [0.1, 0.15) is 11.6 Å². The number of nitrogens with one attached hydrogen (secondary N) is 1. The number of fused-ring (bicyclic) bond motifs is 1. The van der Waals surface area contributed by atoms with Crippen molar-refractivity contribution in [1.82, 2.24) is 19.9 Å². The maximum Gasteiger partial charge on any atom is 0.243 e. The van der Waals surface area contributed by atoms with E-state index in [1.807, 2.05) is 35.8 Å². The standard InChI is InChI=1S/C26H28N4OS/c1-4-23(25(31)28-16-20-12-10-18(2)11-13-20)30-24-22(9-6-14-27-24)29-26(30)32-17-21-8-5-7-19(3)15-21/h5-15,23H,4,16-17H2,1-3H3,(H,28,31)/t23-/m1/s1. The van der Waals surface area contributed by atoms with Crippen molar-refractivity contribution in [3.8, 4) is 0 Å². The van der Waals surface area contributed by atoms with E-state index in [0.717, 1.165) is 27.6 Å². The molecule has 0 saturated heterocycles. The summed E-state index contributed by atoms with van der Waals surface area (Å²) < 4.78 is 2.00. The first-order chi connectivity index (χ1) is 15.5. The molecule has 0 unspecified atom stereocenters. The molecule has 6 heteroatoms. The molecule has 32 heavy (non-hydrogen) atoms. The van der Waals surface area contributed by atoms with Crippen LogP contribution >= 0.6 is 11.8 Å². The van der Waals surface area contributed by atoms with E-state index >= 15 is 0 Å². The number of hydrogen-bond acceptors (Lipinski definition) is 4. The first kappa shape index (κ1) is 22.1. The van der Waals surface area contributed by atoms with Crippen LogP contribution in [0.3, 0.4) is 0 Å². The summed E-state index contributed by atoms with van der Waals surface area (Å²) in [6.45, 7) is 6.68. The van der Waals surface area contributed by atoms with Crippen LogP contribution in [0.2, 0.25) is 0 Å². The van der Waals surface area contributed by atoms with E-state index in [9.17, 15) is 4.79 Å². The number of benzene rings is 2. The molecule has 1 N–H and O–H groups in total. The Morgan fingerprint density at radius 3 is 2.59 bits per heavy atom. The molecule has 5 nitrogen and oxygen atoms in total. The molecule has 0 fully saturated rings. The Balaban J connectivity index is 1.59. The zero-order valence-electron chi connectivity index (χ0n) is 18.7. The minimum atomic E-state index is -0.375. The summed E-state index contributed by atoms with van der Waals surface area (Å²) in [6.07, 6.45) is 2.41. The molecule has 0 spiro atoms. The number of pyridine rings is 1. The van der Waals surface area contributed by atoms with Crippen molar-refractivity contribution in [3.05, 3.63) is 89.1 Å². The van der Waals surface area contributed by atoms with Gasteiger partial charge in [0.05, 0.1) is 0 Å². The van der Waals surface area contributed by atoms with Gasteiger partial charge in [-0.05, 0) is 43.5 Å². The second-order valence-corrected chi connectivity index (χ2v) is 8.96. The third-order valence-electron chi connectivity index (χ3n) is 5.46. The summed E-state index contributed by atoms with van der Waals surface area (Å²) >= 11 is 1.64. The van der Waals surface area contributed by atoms with E-state index in [1.165, 1.54) is 16.7 Å². The molecule has 2 heterocycles. The molecule has 0 aliphatic heterocycles. The molecule has 0 aliphatic rings. The number of thioether (sulfide) groups is 1. The van der Waals surface area contributed by atoms with Crippen molar-refractivity contribution >= 4 is 28.8 Å². The molecule has 0 bridgehead atoms. The van der Waals surface area contributed by atoms with Crippen molar-refractivity contribution in [2.45, 2.75) is 50.7 Å². The van der Waals surface area contributed by atoms with E-state index in [0.29, 0.717) is 13.0 Å². The number of hydrogen-bond donors (Lipinski definition) is 1. The van der Waals surface area contributed by atoms with Crippen LogP contribution in [-0.4, -0.2) is 20.4 Å². The van der Waals surface area contributed by atoms with Gasteiger partial charge in [0.15, 0.2) is 10.8 Å². The minimum absolute atomic E-state index is 0.0181. The monoisotopic (exact) mass is 444 g/mol. The number of aryl methyl sites for hydroxylation is 2. The Hall–Kier alpha value is -3.12. The third-order valence-corrected chi connectivity index (χ3v) is 6.48. The number of nitrogens with zero attached hydrogens (tertiary/aromatic N) is 3. The molecule has 164 valence electrons. The zero-order valence-corrected chi connectivity index (χ0v) is 19.5. The highest BCUT2D eigenvalue weighted by molar-refractivity contribution is 7.98. The van der Waals surface area contributed by atoms with Crippen LogP contribution < -0.4 is 5.32 Å². The lowest BCUT2D eigenvalue weighted by Gasteiger charge is -2.19. The highest BCUT2D eigenvalue weighted by Gasteiger charge is 2.25. The van der Waals surface area contributed by atoms with Gasteiger partial charge in [-0.25, -0.2) is 9.97 Å². The summed E-state index contributed by atoms with van der Waals surface area (Å²) in [5.41, 5.74) is 6.32. The Labute approximate surface area is 193 Å². The number of carbonyl (C=O) groups is 1. The van der Waals surface area contributed by atoms with Crippen LogP contribution in [-0.2, 0) is 17.1 Å². The number of imidazole rings is 1. The first-order valence-electron chi connectivity index (χ1n) is 10.9. The van der Waals surface area contributed by atoms with Gasteiger partial charge in [0, 0.05) is 18.5 Å². The van der Waals surface area contributed by atoms with Gasteiger partial charge in [-0.15, -0.1) is 0 Å². The second kappa shape index (κ2) is 10.0. The van der Waals surface area contributed by atoms with Gasteiger partial charge in [0.25, 0.3) is 0 Å². The summed E-state index contributed by atoms with van der Waals surface area (Å²) in [4.78, 5) is 22.6. The molecule has 0 aliphatic carbocycles. The van der Waals surface area contributed by atoms with Crippen molar-refractivity contribution in [2.24, 2.45) is 0 Å². The van der Waals surface area contributed by atoms with Crippen LogP contribution in [0, 0.1) is 13.8 Å². The predicted molar refractivity (Wildman–Crippen MR) is 131 cm³/mol. The van der Waals surface area contributed by atoms with Crippen LogP contribution in [0.15, 0.2) is 72.0 Å². The molecule has 0 saturated carbocycles. The molecular weight excluding hydrogens is 416 g/mol. The van der Waals surface area contributed by atoms with Crippen LogP contribution in [0.25, 0.3) is 11.2 Å². The Morgan fingerprint density at radius 1 is 1.03 bits per heavy atom. The Morgan fingerprint density at radius 2 is 1.84 bits per heavy atom. The lowest BCUT2D eigenvalue weighted by atomic mass is 10.1. The smallest absolute Gasteiger partial charge is 0.243 e. The highest BCUT2D eigenvalue weighted by atomic mass is 32.2. The van der Waals surface area contributed by atoms with Crippen LogP contribution in [0.5, 0.6) is 0 Å². The average molecular weight is 445 g/mol. The lowest BCUT2D eigenvalue weighted by molar-refractivity contribution is -0.124. The fraction of sp³-hybridized carbons (Fsp3) is 0.269. The third kappa shape index (κ3) is 5.02. The van der Waals surface area contributed by atoms with E-state index in [1.54, 1.807) is 18.0 Å². The Kier molecular flexibility index (Phi) is 6.90. The summed E-state index contributed by atoms with van der Waals surface area (Å²) in [5.74, 6) is 0.766. The first-order valence-corrected chi connectivity index (χ1v) is 11.9. The largest absolute Gasteiger partial charge is 0.350 e. The predicted octanol–water partition coefficient (Wildman–Crippen LogP) is 5.61. The number of rotatable bonds is 8. The van der Waals surface area contributed by atoms with Gasteiger partial charge in [-0.1, -0.05) is 78.3 Å².